The van der Waals surface area contributed by atoms with Gasteiger partial charge in [-0.2, -0.15) is 0 Å². The minimum absolute atomic E-state index is 0.249. The summed E-state index contributed by atoms with van der Waals surface area (Å²) in [5.41, 5.74) is 0.817. The molecule has 0 N–H and O–H groups in total. The number of hydrogen-bond acceptors (Lipinski definition) is 2. The number of halogens is 1. The second kappa shape index (κ2) is 7.20. The first-order valence-electron chi connectivity index (χ1n) is 7.16. The summed E-state index contributed by atoms with van der Waals surface area (Å²) in [5.74, 6) is 1.09. The fourth-order valence-electron chi connectivity index (χ4n) is 2.61. The molecule has 1 aromatic carbocycles. The first-order chi connectivity index (χ1) is 9.15. The molecular weight excluding hydrogens is 302 g/mol. The molecule has 0 amide bonds. The van der Waals surface area contributed by atoms with E-state index in [1.165, 1.54) is 19.3 Å². The zero-order valence-corrected chi connectivity index (χ0v) is 13.2. The Morgan fingerprint density at radius 1 is 1.37 bits per heavy atom. The minimum Gasteiger partial charge on any atom is -0.303 e. The summed E-state index contributed by atoms with van der Waals surface area (Å²) in [6.45, 7) is 5.53. The summed E-state index contributed by atoms with van der Waals surface area (Å²) >= 11 is 3.41. The minimum atomic E-state index is 0.249. The van der Waals surface area contributed by atoms with E-state index in [1.807, 2.05) is 24.3 Å². The molecule has 104 valence electrons. The van der Waals surface area contributed by atoms with Gasteiger partial charge in [-0.05, 0) is 50.4 Å². The molecule has 1 atom stereocenters. The molecule has 1 fully saturated rings. The number of carbonyl (C=O) groups is 1. The summed E-state index contributed by atoms with van der Waals surface area (Å²) in [7, 11) is 0. The first kappa shape index (κ1) is 14.7. The van der Waals surface area contributed by atoms with Crippen LogP contribution in [0.25, 0.3) is 0 Å². The monoisotopic (exact) mass is 323 g/mol. The average molecular weight is 324 g/mol. The lowest BCUT2D eigenvalue weighted by molar-refractivity contribution is 0.0964. The Bertz CT molecular complexity index is 433. The highest BCUT2D eigenvalue weighted by Crippen LogP contribution is 2.17. The van der Waals surface area contributed by atoms with Crippen LogP contribution in [-0.2, 0) is 0 Å². The van der Waals surface area contributed by atoms with Crippen molar-refractivity contribution in [3.8, 4) is 0 Å². The Labute approximate surface area is 124 Å². The van der Waals surface area contributed by atoms with Crippen LogP contribution in [0, 0.1) is 5.92 Å². The summed E-state index contributed by atoms with van der Waals surface area (Å²) in [5, 5.41) is 0. The Morgan fingerprint density at radius 2 is 2.21 bits per heavy atom. The zero-order chi connectivity index (χ0) is 13.7. The van der Waals surface area contributed by atoms with Gasteiger partial charge in [0.2, 0.25) is 0 Å². The topological polar surface area (TPSA) is 20.3 Å². The largest absolute Gasteiger partial charge is 0.303 e. The van der Waals surface area contributed by atoms with Crippen molar-refractivity contribution in [3.05, 3.63) is 34.3 Å². The van der Waals surface area contributed by atoms with E-state index in [0.717, 1.165) is 35.6 Å². The van der Waals surface area contributed by atoms with Gasteiger partial charge in [0.1, 0.15) is 0 Å². The maximum atomic E-state index is 12.1. The van der Waals surface area contributed by atoms with Gasteiger partial charge in [0.15, 0.2) is 5.78 Å². The Morgan fingerprint density at radius 3 is 3.00 bits per heavy atom. The van der Waals surface area contributed by atoms with E-state index in [-0.39, 0.29) is 5.78 Å². The van der Waals surface area contributed by atoms with E-state index in [9.17, 15) is 4.79 Å². The summed E-state index contributed by atoms with van der Waals surface area (Å²) < 4.78 is 0.974. The number of hydrogen-bond donors (Lipinski definition) is 0. The molecule has 1 unspecified atom stereocenters. The van der Waals surface area contributed by atoms with Crippen molar-refractivity contribution < 1.29 is 4.79 Å². The predicted molar refractivity (Wildman–Crippen MR) is 82.5 cm³/mol. The molecule has 0 saturated carbocycles. The predicted octanol–water partition coefficient (Wildman–Crippen LogP) is 4.14. The van der Waals surface area contributed by atoms with Crippen LogP contribution in [0.15, 0.2) is 28.7 Å². The molecule has 3 heteroatoms. The van der Waals surface area contributed by atoms with Crippen LogP contribution in [0.4, 0.5) is 0 Å². The van der Waals surface area contributed by atoms with Crippen LogP contribution >= 0.6 is 15.9 Å². The molecule has 0 radical (unpaired) electrons. The molecular formula is C16H22BrNO. The van der Waals surface area contributed by atoms with E-state index in [2.05, 4.69) is 27.8 Å². The van der Waals surface area contributed by atoms with Crippen molar-refractivity contribution in [2.24, 2.45) is 5.92 Å². The fraction of sp³-hybridized carbons (Fsp3) is 0.562. The quantitative estimate of drug-likeness (QED) is 0.776. The Balaban J connectivity index is 1.83. The van der Waals surface area contributed by atoms with Gasteiger partial charge in [0.05, 0.1) is 0 Å². The summed E-state index contributed by atoms with van der Waals surface area (Å²) in [6.07, 6.45) is 4.50. The zero-order valence-electron chi connectivity index (χ0n) is 11.6. The maximum Gasteiger partial charge on any atom is 0.164 e. The second-order valence-corrected chi connectivity index (χ2v) is 6.48. The number of ketones is 1. The second-order valence-electron chi connectivity index (χ2n) is 5.56. The number of rotatable bonds is 4. The molecule has 1 aliphatic rings. The van der Waals surface area contributed by atoms with Gasteiger partial charge in [-0.15, -0.1) is 0 Å². The number of nitrogens with zero attached hydrogens (tertiary/aromatic N) is 1. The van der Waals surface area contributed by atoms with Crippen molar-refractivity contribution in [1.82, 2.24) is 4.90 Å². The summed E-state index contributed by atoms with van der Waals surface area (Å²) in [4.78, 5) is 14.6. The van der Waals surface area contributed by atoms with E-state index in [1.54, 1.807) is 0 Å². The SMILES string of the molecule is CC1CCCN(CCC(=O)c2cccc(Br)c2)CC1. The third-order valence-corrected chi connectivity index (χ3v) is 4.40. The lowest BCUT2D eigenvalue weighted by atomic mass is 10.0. The van der Waals surface area contributed by atoms with Gasteiger partial charge in [-0.3, -0.25) is 4.79 Å². The van der Waals surface area contributed by atoms with Crippen molar-refractivity contribution in [3.63, 3.8) is 0 Å². The van der Waals surface area contributed by atoms with Crippen LogP contribution in [0.3, 0.4) is 0 Å². The average Bonchev–Trinajstić information content (AvgIpc) is 2.61. The van der Waals surface area contributed by atoms with Crippen molar-refractivity contribution in [1.29, 1.82) is 0 Å². The van der Waals surface area contributed by atoms with Gasteiger partial charge in [-0.25, -0.2) is 0 Å². The Hall–Kier alpha value is -0.670. The summed E-state index contributed by atoms with van der Waals surface area (Å²) in [6, 6.07) is 7.68. The highest BCUT2D eigenvalue weighted by atomic mass is 79.9. The third kappa shape index (κ3) is 4.73. The van der Waals surface area contributed by atoms with E-state index in [0.29, 0.717) is 6.42 Å². The van der Waals surface area contributed by atoms with E-state index >= 15 is 0 Å². The van der Waals surface area contributed by atoms with Crippen molar-refractivity contribution >= 4 is 21.7 Å². The molecule has 0 aromatic heterocycles. The van der Waals surface area contributed by atoms with E-state index in [4.69, 9.17) is 0 Å². The molecule has 1 aliphatic heterocycles. The lowest BCUT2D eigenvalue weighted by Crippen LogP contribution is -2.27. The lowest BCUT2D eigenvalue weighted by Gasteiger charge is -2.19. The number of benzene rings is 1. The molecule has 1 aromatic rings. The normalized spacial score (nSPS) is 21.1. The highest BCUT2D eigenvalue weighted by Gasteiger charge is 2.15. The molecule has 19 heavy (non-hydrogen) atoms. The molecule has 2 nitrogen and oxygen atoms in total. The molecule has 0 aliphatic carbocycles. The van der Waals surface area contributed by atoms with Gasteiger partial charge >= 0.3 is 0 Å². The van der Waals surface area contributed by atoms with Gasteiger partial charge in [-0.1, -0.05) is 35.0 Å². The van der Waals surface area contributed by atoms with Crippen LogP contribution < -0.4 is 0 Å². The van der Waals surface area contributed by atoms with Crippen LogP contribution in [-0.4, -0.2) is 30.3 Å². The number of Topliss-reactive ketones (excluding diaryl/α,β-unsaturated/α-hetero) is 1. The van der Waals surface area contributed by atoms with Crippen molar-refractivity contribution in [2.45, 2.75) is 32.6 Å². The standard InChI is InChI=1S/C16H22BrNO/c1-13-4-3-9-18(10-7-13)11-8-16(19)14-5-2-6-15(17)12-14/h2,5-6,12-13H,3-4,7-11H2,1H3. The van der Waals surface area contributed by atoms with E-state index < -0.39 is 0 Å². The Kier molecular flexibility index (Phi) is 5.59. The molecule has 0 bridgehead atoms. The van der Waals surface area contributed by atoms with Gasteiger partial charge in [0, 0.05) is 23.0 Å². The van der Waals surface area contributed by atoms with Crippen LogP contribution in [0.1, 0.15) is 43.0 Å². The third-order valence-electron chi connectivity index (χ3n) is 3.91. The maximum absolute atomic E-state index is 12.1. The van der Waals surface area contributed by atoms with Gasteiger partial charge in [0.25, 0.3) is 0 Å². The fourth-order valence-corrected chi connectivity index (χ4v) is 3.01. The van der Waals surface area contributed by atoms with Crippen LogP contribution in [0.2, 0.25) is 0 Å². The highest BCUT2D eigenvalue weighted by molar-refractivity contribution is 9.10. The molecule has 1 saturated heterocycles. The smallest absolute Gasteiger partial charge is 0.164 e. The first-order valence-corrected chi connectivity index (χ1v) is 7.95. The van der Waals surface area contributed by atoms with Crippen LogP contribution in [0.5, 0.6) is 0 Å². The number of likely N-dealkylation sites (tertiary alicyclic amines) is 1. The molecule has 0 spiro atoms. The molecule has 1 heterocycles. The number of carbonyl (C=O) groups excluding carboxylic acids is 1. The molecule has 2 rings (SSSR count). The van der Waals surface area contributed by atoms with Gasteiger partial charge < -0.3 is 4.90 Å². The van der Waals surface area contributed by atoms with Crippen molar-refractivity contribution in [2.75, 3.05) is 19.6 Å².